The highest BCUT2D eigenvalue weighted by atomic mass is 16.2. The lowest BCUT2D eigenvalue weighted by atomic mass is 9.95. The van der Waals surface area contributed by atoms with Gasteiger partial charge in [0.25, 0.3) is 11.5 Å². The van der Waals surface area contributed by atoms with Gasteiger partial charge in [-0.25, -0.2) is 14.7 Å². The molecule has 3 aliphatic heterocycles. The number of urea groups is 1. The molecule has 0 radical (unpaired) electrons. The number of hydrogen-bond acceptors (Lipinski definition) is 5. The lowest BCUT2D eigenvalue weighted by molar-refractivity contribution is -0.121. The Morgan fingerprint density at radius 3 is 2.38 bits per heavy atom. The van der Waals surface area contributed by atoms with E-state index in [-0.39, 0.29) is 17.4 Å². The average molecular weight is 393 g/mol. The van der Waals surface area contributed by atoms with Gasteiger partial charge in [0.1, 0.15) is 5.54 Å². The van der Waals surface area contributed by atoms with Crippen molar-refractivity contribution in [2.24, 2.45) is 11.8 Å². The summed E-state index contributed by atoms with van der Waals surface area (Å²) >= 11 is 0. The molecular weight excluding hydrogens is 370 g/mol. The number of aromatic nitrogens is 2. The van der Waals surface area contributed by atoms with Crippen LogP contribution in [0.2, 0.25) is 0 Å². The highest BCUT2D eigenvalue weighted by molar-refractivity contribution is 6.22. The molecule has 3 amide bonds. The van der Waals surface area contributed by atoms with Crippen LogP contribution in [0.15, 0.2) is 29.1 Å². The van der Waals surface area contributed by atoms with Crippen LogP contribution >= 0.6 is 0 Å². The van der Waals surface area contributed by atoms with Crippen molar-refractivity contribution in [1.82, 2.24) is 20.2 Å². The summed E-state index contributed by atoms with van der Waals surface area (Å²) in [5, 5.41) is 6.33. The second-order valence-electron chi connectivity index (χ2n) is 9.36. The smallest absolute Gasteiger partial charge is 0.323 e. The Bertz CT molecular complexity index is 1120. The second kappa shape index (κ2) is 5.44. The molecule has 150 valence electrons. The number of anilines is 1. The molecule has 0 spiro atoms. The zero-order valence-electron chi connectivity index (χ0n) is 16.4. The molecule has 8 heteroatoms. The SMILES string of the molecule is CC1(C)NC(=O)N(c2nc3ccccc3n(C3CC4NC(C3)C3CC43)c2=O)C1=O. The van der Waals surface area contributed by atoms with Gasteiger partial charge in [0.05, 0.1) is 11.0 Å². The first-order valence-electron chi connectivity index (χ1n) is 10.3. The number of piperidine rings is 2. The first-order valence-corrected chi connectivity index (χ1v) is 10.3. The van der Waals surface area contributed by atoms with E-state index in [2.05, 4.69) is 15.6 Å². The number of carbonyl (C=O) groups is 2. The molecule has 1 aromatic heterocycles. The lowest BCUT2D eigenvalue weighted by Gasteiger charge is -2.34. The minimum absolute atomic E-state index is 0.0342. The van der Waals surface area contributed by atoms with Gasteiger partial charge >= 0.3 is 6.03 Å². The number of fused-ring (bicyclic) bond motifs is 6. The summed E-state index contributed by atoms with van der Waals surface area (Å²) in [7, 11) is 0. The highest BCUT2D eigenvalue weighted by Gasteiger charge is 2.57. The largest absolute Gasteiger partial charge is 0.331 e. The maximum Gasteiger partial charge on any atom is 0.331 e. The van der Waals surface area contributed by atoms with Gasteiger partial charge in [-0.15, -0.1) is 0 Å². The molecule has 4 unspecified atom stereocenters. The minimum atomic E-state index is -1.06. The van der Waals surface area contributed by atoms with Gasteiger partial charge in [0.2, 0.25) is 5.82 Å². The van der Waals surface area contributed by atoms with Crippen LogP contribution in [0.25, 0.3) is 11.0 Å². The van der Waals surface area contributed by atoms with Crippen LogP contribution in [0.4, 0.5) is 10.6 Å². The Labute approximate surface area is 167 Å². The predicted molar refractivity (Wildman–Crippen MR) is 107 cm³/mol. The molecule has 29 heavy (non-hydrogen) atoms. The van der Waals surface area contributed by atoms with Gasteiger partial charge < -0.3 is 15.2 Å². The van der Waals surface area contributed by atoms with Crippen molar-refractivity contribution in [1.29, 1.82) is 0 Å². The van der Waals surface area contributed by atoms with Crippen molar-refractivity contribution < 1.29 is 9.59 Å². The Hall–Kier alpha value is -2.74. The van der Waals surface area contributed by atoms with Gasteiger partial charge in [0.15, 0.2) is 0 Å². The van der Waals surface area contributed by atoms with E-state index in [1.807, 2.05) is 24.3 Å². The fourth-order valence-corrected chi connectivity index (χ4v) is 5.65. The van der Waals surface area contributed by atoms with Crippen LogP contribution in [0.1, 0.15) is 39.2 Å². The molecule has 2 bridgehead atoms. The zero-order valence-corrected chi connectivity index (χ0v) is 16.4. The number of rotatable bonds is 2. The topological polar surface area (TPSA) is 96.3 Å². The number of imide groups is 1. The fraction of sp³-hybridized carbons (Fsp3) is 0.524. The number of para-hydroxylation sites is 2. The zero-order chi connectivity index (χ0) is 20.1. The third-order valence-corrected chi connectivity index (χ3v) is 7.12. The summed E-state index contributed by atoms with van der Waals surface area (Å²) in [5.41, 5.74) is -0.0579. The van der Waals surface area contributed by atoms with E-state index in [1.165, 1.54) is 6.42 Å². The van der Waals surface area contributed by atoms with E-state index in [0.29, 0.717) is 17.6 Å². The average Bonchev–Trinajstić information content (AvgIpc) is 3.40. The van der Waals surface area contributed by atoms with E-state index < -0.39 is 17.5 Å². The van der Waals surface area contributed by atoms with Gasteiger partial charge in [-0.05, 0) is 57.1 Å². The Balaban J connectivity index is 1.52. The molecule has 2 aromatic rings. The fourth-order valence-electron chi connectivity index (χ4n) is 5.65. The van der Waals surface area contributed by atoms with E-state index >= 15 is 0 Å². The lowest BCUT2D eigenvalue weighted by Crippen LogP contribution is -2.46. The molecule has 6 rings (SSSR count). The van der Waals surface area contributed by atoms with Gasteiger partial charge in [-0.3, -0.25) is 9.59 Å². The van der Waals surface area contributed by atoms with Crippen molar-refractivity contribution in [3.05, 3.63) is 34.6 Å². The van der Waals surface area contributed by atoms with Crippen molar-refractivity contribution in [3.8, 4) is 0 Å². The van der Waals surface area contributed by atoms with Crippen molar-refractivity contribution >= 4 is 28.8 Å². The van der Waals surface area contributed by atoms with Crippen LogP contribution in [0.3, 0.4) is 0 Å². The monoisotopic (exact) mass is 393 g/mol. The molecule has 4 fully saturated rings. The summed E-state index contributed by atoms with van der Waals surface area (Å²) < 4.78 is 1.79. The molecule has 1 saturated carbocycles. The third kappa shape index (κ3) is 2.29. The van der Waals surface area contributed by atoms with E-state index in [9.17, 15) is 14.4 Å². The maximum atomic E-state index is 13.6. The van der Waals surface area contributed by atoms with E-state index in [1.54, 1.807) is 18.4 Å². The minimum Gasteiger partial charge on any atom is -0.323 e. The van der Waals surface area contributed by atoms with Crippen molar-refractivity contribution in [3.63, 3.8) is 0 Å². The molecule has 4 aliphatic rings. The molecule has 1 aliphatic carbocycles. The van der Waals surface area contributed by atoms with Gasteiger partial charge in [-0.2, -0.15) is 0 Å². The Morgan fingerprint density at radius 1 is 1.03 bits per heavy atom. The molecular formula is C21H23N5O3. The summed E-state index contributed by atoms with van der Waals surface area (Å²) in [4.78, 5) is 44.3. The molecule has 1 aromatic carbocycles. The summed E-state index contributed by atoms with van der Waals surface area (Å²) in [6, 6.07) is 7.79. The predicted octanol–water partition coefficient (Wildman–Crippen LogP) is 1.54. The van der Waals surface area contributed by atoms with Crippen LogP contribution in [0.5, 0.6) is 0 Å². The molecule has 4 atom stereocenters. The van der Waals surface area contributed by atoms with Crippen molar-refractivity contribution in [2.75, 3.05) is 4.90 Å². The number of nitrogens with one attached hydrogen (secondary N) is 2. The van der Waals surface area contributed by atoms with E-state index in [0.717, 1.165) is 35.1 Å². The summed E-state index contributed by atoms with van der Waals surface area (Å²) in [6.07, 6.45) is 3.07. The molecule has 3 saturated heterocycles. The third-order valence-electron chi connectivity index (χ3n) is 7.12. The van der Waals surface area contributed by atoms with Crippen LogP contribution < -0.4 is 21.1 Å². The highest BCUT2D eigenvalue weighted by Crippen LogP contribution is 2.55. The normalized spacial score (nSPS) is 34.4. The van der Waals surface area contributed by atoms with Crippen LogP contribution in [-0.4, -0.2) is 39.1 Å². The quantitative estimate of drug-likeness (QED) is 0.755. The molecule has 2 N–H and O–H groups in total. The number of benzene rings is 1. The van der Waals surface area contributed by atoms with Gasteiger partial charge in [-0.1, -0.05) is 12.1 Å². The first-order chi connectivity index (χ1) is 13.8. The standard InChI is InChI=1S/C21H23N5O3/c1-21(2)19(28)26(20(29)24-21)17-18(27)25(16-6-4-3-5-13(16)23-17)10-7-14-11-9-12(11)15(8-10)22-14/h3-6,10-12,14-15,22H,7-9H2,1-2H3,(H,24,29). The number of carbonyl (C=O) groups excluding carboxylic acids is 2. The van der Waals surface area contributed by atoms with E-state index in [4.69, 9.17) is 0 Å². The van der Waals surface area contributed by atoms with Crippen LogP contribution in [0, 0.1) is 11.8 Å². The number of amides is 3. The van der Waals surface area contributed by atoms with Crippen LogP contribution in [-0.2, 0) is 4.79 Å². The summed E-state index contributed by atoms with van der Waals surface area (Å²) in [5.74, 6) is 0.911. The Morgan fingerprint density at radius 2 is 1.72 bits per heavy atom. The molecule has 8 nitrogen and oxygen atoms in total. The van der Waals surface area contributed by atoms with Gasteiger partial charge in [0, 0.05) is 18.1 Å². The van der Waals surface area contributed by atoms with Crippen molar-refractivity contribution in [2.45, 2.75) is 56.8 Å². The first kappa shape index (κ1) is 17.1. The number of nitrogens with zero attached hydrogens (tertiary/aromatic N) is 3. The maximum absolute atomic E-state index is 13.6. The number of hydrogen-bond donors (Lipinski definition) is 2. The second-order valence-corrected chi connectivity index (χ2v) is 9.36. The summed E-state index contributed by atoms with van der Waals surface area (Å²) in [6.45, 7) is 3.26. The Kier molecular flexibility index (Phi) is 3.22. The molecule has 4 heterocycles.